The minimum Gasteiger partial charge on any atom is -0.497 e. The Morgan fingerprint density at radius 2 is 1.88 bits per heavy atom. The Labute approximate surface area is 143 Å². The van der Waals surface area contributed by atoms with Gasteiger partial charge >= 0.3 is 5.63 Å². The summed E-state index contributed by atoms with van der Waals surface area (Å²) in [5.74, 6) is -0.0554. The maximum atomic E-state index is 12.6. The van der Waals surface area contributed by atoms with E-state index in [1.165, 1.54) is 14.0 Å². The molecule has 3 rings (SSSR count). The van der Waals surface area contributed by atoms with Crippen molar-refractivity contribution in [2.24, 2.45) is 0 Å². The Kier molecular flexibility index (Phi) is 4.35. The van der Waals surface area contributed by atoms with Crippen molar-refractivity contribution >= 4 is 28.3 Å². The van der Waals surface area contributed by atoms with E-state index in [0.29, 0.717) is 22.4 Å². The molecule has 1 N–H and O–H groups in total. The summed E-state index contributed by atoms with van der Waals surface area (Å²) < 4.78 is 10.2. The van der Waals surface area contributed by atoms with Crippen LogP contribution in [-0.2, 0) is 0 Å². The Balaban J connectivity index is 2.01. The molecule has 2 aromatic carbocycles. The molecule has 0 spiro atoms. The van der Waals surface area contributed by atoms with Gasteiger partial charge in [0.15, 0.2) is 5.78 Å². The largest absolute Gasteiger partial charge is 0.497 e. The van der Waals surface area contributed by atoms with E-state index in [-0.39, 0.29) is 16.9 Å². The van der Waals surface area contributed by atoms with Crippen molar-refractivity contribution in [1.82, 2.24) is 0 Å². The molecule has 0 fully saturated rings. The van der Waals surface area contributed by atoms with Crippen molar-refractivity contribution in [3.63, 3.8) is 0 Å². The number of carbonyl (C=O) groups excluding carboxylic acids is 2. The van der Waals surface area contributed by atoms with E-state index in [1.807, 2.05) is 0 Å². The molecule has 0 unspecified atom stereocenters. The lowest BCUT2D eigenvalue weighted by Gasteiger charge is -2.09. The monoisotopic (exact) mass is 337 g/mol. The lowest BCUT2D eigenvalue weighted by molar-refractivity contribution is 0.101. The number of Topliss-reactive ketones (excluding diaryl/α,β-unsaturated/α-hetero) is 1. The van der Waals surface area contributed by atoms with Crippen LogP contribution in [-0.4, -0.2) is 18.8 Å². The number of ether oxygens (including phenoxy) is 1. The SMILES string of the molecule is COc1ccc2c(C(=O)Nc3cccc(C(C)=O)c3)cc(=O)oc2c1. The fourth-order valence-corrected chi connectivity index (χ4v) is 2.47. The number of amides is 1. The van der Waals surface area contributed by atoms with Gasteiger partial charge in [0.05, 0.1) is 12.7 Å². The van der Waals surface area contributed by atoms with Crippen LogP contribution >= 0.6 is 0 Å². The standard InChI is InChI=1S/C19H15NO5/c1-11(21)12-4-3-5-13(8-12)20-19(23)16-10-18(22)25-17-9-14(24-2)6-7-15(16)17/h3-10H,1-2H3,(H,20,23). The average molecular weight is 337 g/mol. The lowest BCUT2D eigenvalue weighted by atomic mass is 10.1. The second-order valence-electron chi connectivity index (χ2n) is 5.43. The quantitative estimate of drug-likeness (QED) is 0.583. The molecule has 0 aliphatic heterocycles. The topological polar surface area (TPSA) is 85.6 Å². The van der Waals surface area contributed by atoms with Crippen molar-refractivity contribution in [1.29, 1.82) is 0 Å². The molecule has 0 bridgehead atoms. The Morgan fingerprint density at radius 3 is 2.60 bits per heavy atom. The fourth-order valence-electron chi connectivity index (χ4n) is 2.47. The minimum absolute atomic E-state index is 0.103. The predicted molar refractivity (Wildman–Crippen MR) is 93.4 cm³/mol. The summed E-state index contributed by atoms with van der Waals surface area (Å²) in [5, 5.41) is 3.19. The van der Waals surface area contributed by atoms with Gasteiger partial charge in [-0.2, -0.15) is 0 Å². The van der Waals surface area contributed by atoms with Crippen LogP contribution in [0, 0.1) is 0 Å². The third-order valence-corrected chi connectivity index (χ3v) is 3.72. The normalized spacial score (nSPS) is 10.5. The molecule has 3 aromatic rings. The summed E-state index contributed by atoms with van der Waals surface area (Å²) in [5.41, 5.74) is 0.757. The van der Waals surface area contributed by atoms with Crippen LogP contribution in [0.25, 0.3) is 11.0 Å². The Morgan fingerprint density at radius 1 is 1.08 bits per heavy atom. The summed E-state index contributed by atoms with van der Waals surface area (Å²) in [7, 11) is 1.50. The molecule has 1 aromatic heterocycles. The molecule has 25 heavy (non-hydrogen) atoms. The molecule has 0 atom stereocenters. The molecular formula is C19H15NO5. The average Bonchev–Trinajstić information content (AvgIpc) is 2.60. The van der Waals surface area contributed by atoms with E-state index in [1.54, 1.807) is 42.5 Å². The number of hydrogen-bond donors (Lipinski definition) is 1. The molecule has 126 valence electrons. The van der Waals surface area contributed by atoms with Crippen molar-refractivity contribution in [3.8, 4) is 5.75 Å². The van der Waals surface area contributed by atoms with Gasteiger partial charge in [0, 0.05) is 28.8 Å². The van der Waals surface area contributed by atoms with Crippen molar-refractivity contribution in [3.05, 3.63) is 70.1 Å². The van der Waals surface area contributed by atoms with Crippen molar-refractivity contribution in [2.75, 3.05) is 12.4 Å². The van der Waals surface area contributed by atoms with Crippen LogP contribution in [0.2, 0.25) is 0 Å². The van der Waals surface area contributed by atoms with Crippen LogP contribution in [0.3, 0.4) is 0 Å². The molecule has 6 nitrogen and oxygen atoms in total. The summed E-state index contributed by atoms with van der Waals surface area (Å²) in [6.45, 7) is 1.45. The zero-order valence-corrected chi connectivity index (χ0v) is 13.7. The van der Waals surface area contributed by atoms with Gasteiger partial charge in [-0.15, -0.1) is 0 Å². The summed E-state index contributed by atoms with van der Waals surface area (Å²) in [6, 6.07) is 12.6. The van der Waals surface area contributed by atoms with Gasteiger partial charge in [0.1, 0.15) is 11.3 Å². The highest BCUT2D eigenvalue weighted by molar-refractivity contribution is 6.12. The van der Waals surface area contributed by atoms with Gasteiger partial charge < -0.3 is 14.5 Å². The molecule has 0 radical (unpaired) electrons. The van der Waals surface area contributed by atoms with Crippen LogP contribution in [0.5, 0.6) is 5.75 Å². The Hall–Kier alpha value is -3.41. The predicted octanol–water partition coefficient (Wildman–Crippen LogP) is 3.26. The molecule has 1 amide bonds. The minimum atomic E-state index is -0.636. The van der Waals surface area contributed by atoms with Crippen LogP contribution in [0.4, 0.5) is 5.69 Å². The van der Waals surface area contributed by atoms with Crippen molar-refractivity contribution in [2.45, 2.75) is 6.92 Å². The number of nitrogens with one attached hydrogen (secondary N) is 1. The zero-order valence-electron chi connectivity index (χ0n) is 13.7. The molecular weight excluding hydrogens is 322 g/mol. The first-order valence-electron chi connectivity index (χ1n) is 7.52. The number of rotatable bonds is 4. The van der Waals surface area contributed by atoms with Crippen LogP contribution in [0.1, 0.15) is 27.6 Å². The van der Waals surface area contributed by atoms with Gasteiger partial charge in [0.2, 0.25) is 0 Å². The number of ketones is 1. The van der Waals surface area contributed by atoms with Gasteiger partial charge in [0.25, 0.3) is 5.91 Å². The fraction of sp³-hybridized carbons (Fsp3) is 0.105. The van der Waals surface area contributed by atoms with Gasteiger partial charge in [-0.1, -0.05) is 12.1 Å². The number of methoxy groups -OCH3 is 1. The van der Waals surface area contributed by atoms with E-state index < -0.39 is 11.5 Å². The van der Waals surface area contributed by atoms with E-state index >= 15 is 0 Å². The number of hydrogen-bond acceptors (Lipinski definition) is 5. The highest BCUT2D eigenvalue weighted by Gasteiger charge is 2.14. The highest BCUT2D eigenvalue weighted by atomic mass is 16.5. The Bertz CT molecular complexity index is 1040. The third-order valence-electron chi connectivity index (χ3n) is 3.72. The molecule has 0 aliphatic rings. The number of carbonyl (C=O) groups is 2. The first kappa shape index (κ1) is 16.4. The summed E-state index contributed by atoms with van der Waals surface area (Å²) in [6.07, 6.45) is 0. The number of anilines is 1. The molecule has 1 heterocycles. The third kappa shape index (κ3) is 3.42. The van der Waals surface area contributed by atoms with E-state index in [2.05, 4.69) is 5.32 Å². The van der Waals surface area contributed by atoms with Crippen LogP contribution in [0.15, 0.2) is 57.7 Å². The number of fused-ring (bicyclic) bond motifs is 1. The van der Waals surface area contributed by atoms with Gasteiger partial charge in [-0.25, -0.2) is 4.79 Å². The molecule has 0 saturated heterocycles. The van der Waals surface area contributed by atoms with Gasteiger partial charge in [-0.3, -0.25) is 9.59 Å². The maximum Gasteiger partial charge on any atom is 0.337 e. The molecule has 0 aliphatic carbocycles. The molecule has 6 heteroatoms. The summed E-state index contributed by atoms with van der Waals surface area (Å²) >= 11 is 0. The van der Waals surface area contributed by atoms with Crippen molar-refractivity contribution < 1.29 is 18.7 Å². The maximum absolute atomic E-state index is 12.6. The van der Waals surface area contributed by atoms with E-state index in [4.69, 9.17) is 9.15 Å². The first-order valence-corrected chi connectivity index (χ1v) is 7.52. The summed E-state index contributed by atoms with van der Waals surface area (Å²) in [4.78, 5) is 35.8. The smallest absolute Gasteiger partial charge is 0.337 e. The second-order valence-corrected chi connectivity index (χ2v) is 5.43. The first-order chi connectivity index (χ1) is 12.0. The number of benzene rings is 2. The highest BCUT2D eigenvalue weighted by Crippen LogP contribution is 2.23. The second kappa shape index (κ2) is 6.60. The van der Waals surface area contributed by atoms with E-state index in [9.17, 15) is 14.4 Å². The zero-order chi connectivity index (χ0) is 18.0. The van der Waals surface area contributed by atoms with E-state index in [0.717, 1.165) is 6.07 Å². The molecule has 0 saturated carbocycles. The lowest BCUT2D eigenvalue weighted by Crippen LogP contribution is -2.15. The van der Waals surface area contributed by atoms with Gasteiger partial charge in [-0.05, 0) is 31.2 Å². The van der Waals surface area contributed by atoms with Crippen LogP contribution < -0.4 is 15.7 Å².